The van der Waals surface area contributed by atoms with Crippen LogP contribution in [0.2, 0.25) is 0 Å². The molecule has 0 N–H and O–H groups in total. The van der Waals surface area contributed by atoms with Crippen LogP contribution in [0.1, 0.15) is 49.8 Å². The van der Waals surface area contributed by atoms with Gasteiger partial charge >= 0.3 is 0 Å². The molecular weight excluding hydrogens is 330 g/mol. The summed E-state index contributed by atoms with van der Waals surface area (Å²) in [5.74, 6) is 0. The van der Waals surface area contributed by atoms with Gasteiger partial charge < -0.3 is 0 Å². The van der Waals surface area contributed by atoms with Gasteiger partial charge in [-0.25, -0.2) is 0 Å². The van der Waals surface area contributed by atoms with E-state index in [9.17, 15) is 0 Å². The third kappa shape index (κ3) is 4.77. The lowest BCUT2D eigenvalue weighted by molar-refractivity contribution is 0.0000883. The molecule has 2 aliphatic rings. The monoisotopic (exact) mass is 363 g/mol. The van der Waals surface area contributed by atoms with E-state index in [1.807, 2.05) is 12.3 Å². The van der Waals surface area contributed by atoms with Crippen molar-refractivity contribution in [2.45, 2.75) is 57.0 Å². The van der Waals surface area contributed by atoms with E-state index in [0.717, 1.165) is 13.0 Å². The van der Waals surface area contributed by atoms with E-state index >= 15 is 0 Å². The summed E-state index contributed by atoms with van der Waals surface area (Å²) in [4.78, 5) is 10.0. The number of rotatable bonds is 6. The second-order valence-electron chi connectivity index (χ2n) is 8.35. The fourth-order valence-electron chi connectivity index (χ4n) is 5.06. The van der Waals surface area contributed by atoms with E-state index in [0.29, 0.717) is 5.54 Å². The summed E-state index contributed by atoms with van der Waals surface area (Å²) in [6.45, 7) is 5.92. The molecule has 3 nitrogen and oxygen atoms in total. The first-order valence-corrected chi connectivity index (χ1v) is 10.8. The zero-order valence-electron chi connectivity index (χ0n) is 16.5. The van der Waals surface area contributed by atoms with Crippen molar-refractivity contribution in [2.24, 2.45) is 0 Å². The largest absolute Gasteiger partial charge is 0.297 e. The lowest BCUT2D eigenvalue weighted by Gasteiger charge is -2.50. The molecular formula is C24H33N3. The molecule has 27 heavy (non-hydrogen) atoms. The van der Waals surface area contributed by atoms with Crippen molar-refractivity contribution in [3.8, 4) is 0 Å². The average molecular weight is 364 g/mol. The van der Waals surface area contributed by atoms with Gasteiger partial charge in [-0.3, -0.25) is 14.8 Å². The van der Waals surface area contributed by atoms with Crippen molar-refractivity contribution < 1.29 is 0 Å². The molecule has 1 aliphatic carbocycles. The first-order valence-electron chi connectivity index (χ1n) is 10.8. The number of piperazine rings is 1. The van der Waals surface area contributed by atoms with Gasteiger partial charge in [0.25, 0.3) is 0 Å². The highest BCUT2D eigenvalue weighted by Gasteiger charge is 2.38. The minimum atomic E-state index is 0.411. The molecule has 0 radical (unpaired) electrons. The van der Waals surface area contributed by atoms with Crippen molar-refractivity contribution in [3.05, 3.63) is 66.0 Å². The molecule has 0 spiro atoms. The van der Waals surface area contributed by atoms with Crippen LogP contribution in [-0.2, 0) is 13.0 Å². The Hall–Kier alpha value is -1.71. The Balaban J connectivity index is 1.36. The molecule has 2 heterocycles. The normalized spacial score (nSPS) is 21.2. The van der Waals surface area contributed by atoms with E-state index < -0.39 is 0 Å². The van der Waals surface area contributed by atoms with E-state index in [-0.39, 0.29) is 0 Å². The molecule has 3 heteroatoms. The summed E-state index contributed by atoms with van der Waals surface area (Å²) in [6, 6.07) is 17.2. The molecule has 144 valence electrons. The van der Waals surface area contributed by atoms with Crippen molar-refractivity contribution in [2.75, 3.05) is 26.2 Å². The highest BCUT2D eigenvalue weighted by molar-refractivity contribution is 5.14. The van der Waals surface area contributed by atoms with Gasteiger partial charge in [-0.1, -0.05) is 55.7 Å². The van der Waals surface area contributed by atoms with Gasteiger partial charge in [0.1, 0.15) is 0 Å². The molecule has 0 bridgehead atoms. The molecule has 1 saturated heterocycles. The third-order valence-corrected chi connectivity index (χ3v) is 6.65. The Labute approximate surface area is 164 Å². The van der Waals surface area contributed by atoms with Crippen molar-refractivity contribution >= 4 is 0 Å². The number of hydrogen-bond acceptors (Lipinski definition) is 3. The van der Waals surface area contributed by atoms with E-state index in [2.05, 4.69) is 57.2 Å². The molecule has 0 amide bonds. The molecule has 1 aliphatic heterocycles. The quantitative estimate of drug-likeness (QED) is 0.751. The van der Waals surface area contributed by atoms with E-state index in [4.69, 9.17) is 0 Å². The third-order valence-electron chi connectivity index (χ3n) is 6.65. The highest BCUT2D eigenvalue weighted by atomic mass is 15.3. The van der Waals surface area contributed by atoms with Crippen molar-refractivity contribution in [3.63, 3.8) is 0 Å². The summed E-state index contributed by atoms with van der Waals surface area (Å²) in [5, 5.41) is 0. The minimum Gasteiger partial charge on any atom is -0.297 e. The van der Waals surface area contributed by atoms with Gasteiger partial charge in [-0.2, -0.15) is 0 Å². The van der Waals surface area contributed by atoms with E-state index in [1.54, 1.807) is 0 Å². The predicted octanol–water partition coefficient (Wildman–Crippen LogP) is 4.53. The summed E-state index contributed by atoms with van der Waals surface area (Å²) in [5.41, 5.74) is 3.10. The second kappa shape index (κ2) is 8.99. The minimum absolute atomic E-state index is 0.411. The van der Waals surface area contributed by atoms with Crippen molar-refractivity contribution in [1.29, 1.82) is 0 Å². The smallest absolute Gasteiger partial charge is 0.0404 e. The SMILES string of the molecule is c1ccc(CN2CCN(C3(CCc4ccccn4)CCCCC3)CC2)cc1. The zero-order valence-corrected chi connectivity index (χ0v) is 16.5. The van der Waals surface area contributed by atoms with E-state index in [1.165, 1.54) is 76.0 Å². The van der Waals surface area contributed by atoms with Crippen LogP contribution >= 0.6 is 0 Å². The summed E-state index contributed by atoms with van der Waals surface area (Å²) in [7, 11) is 0. The van der Waals surface area contributed by atoms with Gasteiger partial charge in [0.05, 0.1) is 0 Å². The van der Waals surface area contributed by atoms with Crippen LogP contribution in [0.3, 0.4) is 0 Å². The fraction of sp³-hybridized carbons (Fsp3) is 0.542. The van der Waals surface area contributed by atoms with Gasteiger partial charge in [0.2, 0.25) is 0 Å². The highest BCUT2D eigenvalue weighted by Crippen LogP contribution is 2.38. The summed E-state index contributed by atoms with van der Waals surface area (Å²) in [6.07, 6.45) is 11.3. The maximum atomic E-state index is 4.57. The molecule has 0 unspecified atom stereocenters. The summed E-state index contributed by atoms with van der Waals surface area (Å²) >= 11 is 0. The van der Waals surface area contributed by atoms with Gasteiger partial charge in [0.15, 0.2) is 0 Å². The maximum Gasteiger partial charge on any atom is 0.0404 e. The number of pyridine rings is 1. The Morgan fingerprint density at radius 3 is 2.26 bits per heavy atom. The molecule has 1 aromatic carbocycles. The first-order chi connectivity index (χ1) is 13.3. The number of hydrogen-bond donors (Lipinski definition) is 0. The van der Waals surface area contributed by atoms with Gasteiger partial charge in [-0.05, 0) is 43.4 Å². The molecule has 2 aromatic rings. The van der Waals surface area contributed by atoms with Gasteiger partial charge in [-0.15, -0.1) is 0 Å². The number of benzene rings is 1. The maximum absolute atomic E-state index is 4.57. The number of aryl methyl sites for hydroxylation is 1. The lowest BCUT2D eigenvalue weighted by atomic mass is 9.76. The zero-order chi connectivity index (χ0) is 18.4. The topological polar surface area (TPSA) is 19.4 Å². The lowest BCUT2D eigenvalue weighted by Crippen LogP contribution is -2.57. The Bertz CT molecular complexity index is 671. The van der Waals surface area contributed by atoms with Crippen LogP contribution in [0.4, 0.5) is 0 Å². The van der Waals surface area contributed by atoms with Crippen LogP contribution in [0, 0.1) is 0 Å². The predicted molar refractivity (Wildman–Crippen MR) is 112 cm³/mol. The van der Waals surface area contributed by atoms with Crippen molar-refractivity contribution in [1.82, 2.24) is 14.8 Å². The first kappa shape index (κ1) is 18.6. The fourth-order valence-corrected chi connectivity index (χ4v) is 5.06. The standard InChI is InChI=1S/C24H33N3/c1-3-9-22(10-4-1)21-26-17-19-27(20-18-26)24(13-6-2-7-14-24)15-12-23-11-5-8-16-25-23/h1,3-5,8-11,16H,2,6-7,12-15,17-21H2. The van der Waals surface area contributed by atoms with Crippen LogP contribution in [0.15, 0.2) is 54.7 Å². The summed E-state index contributed by atoms with van der Waals surface area (Å²) < 4.78 is 0. The van der Waals surface area contributed by atoms with Crippen LogP contribution in [0.5, 0.6) is 0 Å². The molecule has 4 rings (SSSR count). The Morgan fingerprint density at radius 2 is 1.56 bits per heavy atom. The van der Waals surface area contributed by atoms with Crippen LogP contribution in [0.25, 0.3) is 0 Å². The Morgan fingerprint density at radius 1 is 0.815 bits per heavy atom. The number of aromatic nitrogens is 1. The average Bonchev–Trinajstić information content (AvgIpc) is 2.75. The molecule has 2 fully saturated rings. The molecule has 1 saturated carbocycles. The number of nitrogens with zero attached hydrogens (tertiary/aromatic N) is 3. The second-order valence-corrected chi connectivity index (χ2v) is 8.35. The van der Waals surface area contributed by atoms with Crippen LogP contribution in [-0.4, -0.2) is 46.5 Å². The van der Waals surface area contributed by atoms with Gasteiger partial charge in [0, 0.05) is 50.2 Å². The Kier molecular flexibility index (Phi) is 6.21. The van der Waals surface area contributed by atoms with Crippen LogP contribution < -0.4 is 0 Å². The molecule has 1 aromatic heterocycles. The molecule has 0 atom stereocenters.